The molecule has 1 N–H and O–H groups in total. The minimum absolute atomic E-state index is 0.504. The number of nitrogens with one attached hydrogen (secondary N) is 1. The molecule has 2 heteroatoms. The molecule has 0 aliphatic heterocycles. The number of hydrogen-bond acceptors (Lipinski definition) is 2. The standard InChI is InChI=1S/C17H30N2/c1-4-6-7-8-9-10-17(19-12-5-2)16-11-13-18-14-15(16)3/h11,13-14,17,19H,4-10,12H2,1-3H3. The van der Waals surface area contributed by atoms with Gasteiger partial charge in [-0.05, 0) is 43.5 Å². The van der Waals surface area contributed by atoms with Crippen LogP contribution < -0.4 is 5.32 Å². The summed E-state index contributed by atoms with van der Waals surface area (Å²) in [7, 11) is 0. The molecule has 1 aromatic rings. The third-order valence-electron chi connectivity index (χ3n) is 3.68. The number of nitrogens with zero attached hydrogens (tertiary/aromatic N) is 1. The maximum Gasteiger partial charge on any atom is 0.0323 e. The summed E-state index contributed by atoms with van der Waals surface area (Å²) in [6, 6.07) is 2.68. The van der Waals surface area contributed by atoms with E-state index < -0.39 is 0 Å². The molecule has 0 saturated carbocycles. The molecule has 1 aromatic heterocycles. The van der Waals surface area contributed by atoms with Gasteiger partial charge in [-0.15, -0.1) is 0 Å². The highest BCUT2D eigenvalue weighted by Gasteiger charge is 2.12. The monoisotopic (exact) mass is 262 g/mol. The summed E-state index contributed by atoms with van der Waals surface area (Å²) in [5, 5.41) is 3.69. The first-order valence-electron chi connectivity index (χ1n) is 7.93. The Labute approximate surface area is 119 Å². The number of rotatable bonds is 10. The van der Waals surface area contributed by atoms with Gasteiger partial charge in [0.25, 0.3) is 0 Å². The van der Waals surface area contributed by atoms with E-state index in [0.717, 1.165) is 6.54 Å². The van der Waals surface area contributed by atoms with Gasteiger partial charge in [0.2, 0.25) is 0 Å². The molecule has 2 nitrogen and oxygen atoms in total. The van der Waals surface area contributed by atoms with E-state index in [1.807, 2.05) is 12.4 Å². The van der Waals surface area contributed by atoms with Crippen LogP contribution in [0.15, 0.2) is 18.5 Å². The van der Waals surface area contributed by atoms with Crippen LogP contribution in [0.1, 0.15) is 76.0 Å². The highest BCUT2D eigenvalue weighted by atomic mass is 14.9. The van der Waals surface area contributed by atoms with Gasteiger partial charge in [-0.1, -0.05) is 46.0 Å². The SMILES string of the molecule is CCCCCCCC(NCCC)c1ccncc1C. The van der Waals surface area contributed by atoms with Crippen LogP contribution in [0.25, 0.3) is 0 Å². The molecule has 108 valence electrons. The predicted octanol–water partition coefficient (Wildman–Crippen LogP) is 4.79. The highest BCUT2D eigenvalue weighted by molar-refractivity contribution is 5.25. The summed E-state index contributed by atoms with van der Waals surface area (Å²) in [5.74, 6) is 0. The number of unbranched alkanes of at least 4 members (excludes halogenated alkanes) is 4. The van der Waals surface area contributed by atoms with E-state index in [1.165, 1.54) is 56.1 Å². The van der Waals surface area contributed by atoms with Crippen LogP contribution in [0.4, 0.5) is 0 Å². The highest BCUT2D eigenvalue weighted by Crippen LogP contribution is 2.22. The second-order valence-corrected chi connectivity index (χ2v) is 5.44. The minimum Gasteiger partial charge on any atom is -0.310 e. The molecule has 0 bridgehead atoms. The van der Waals surface area contributed by atoms with Crippen molar-refractivity contribution in [1.29, 1.82) is 0 Å². The Bertz CT molecular complexity index is 336. The van der Waals surface area contributed by atoms with E-state index in [1.54, 1.807) is 0 Å². The summed E-state index contributed by atoms with van der Waals surface area (Å²) in [6.07, 6.45) is 13.1. The van der Waals surface area contributed by atoms with Gasteiger partial charge >= 0.3 is 0 Å². The topological polar surface area (TPSA) is 24.9 Å². The van der Waals surface area contributed by atoms with Crippen LogP contribution in [0.2, 0.25) is 0 Å². The van der Waals surface area contributed by atoms with E-state index in [9.17, 15) is 0 Å². The van der Waals surface area contributed by atoms with Gasteiger partial charge in [-0.25, -0.2) is 0 Å². The first-order valence-corrected chi connectivity index (χ1v) is 7.93. The first kappa shape index (κ1) is 16.2. The molecule has 0 spiro atoms. The zero-order valence-electron chi connectivity index (χ0n) is 12.9. The van der Waals surface area contributed by atoms with E-state index in [2.05, 4.69) is 37.1 Å². The quantitative estimate of drug-likeness (QED) is 0.613. The molecule has 19 heavy (non-hydrogen) atoms. The van der Waals surface area contributed by atoms with Gasteiger partial charge in [0.15, 0.2) is 0 Å². The molecule has 0 radical (unpaired) electrons. The fourth-order valence-electron chi connectivity index (χ4n) is 2.51. The normalized spacial score (nSPS) is 12.6. The average molecular weight is 262 g/mol. The van der Waals surface area contributed by atoms with Crippen molar-refractivity contribution < 1.29 is 0 Å². The Balaban J connectivity index is 2.49. The van der Waals surface area contributed by atoms with Crippen molar-refractivity contribution in [3.63, 3.8) is 0 Å². The second kappa shape index (κ2) is 9.96. The number of pyridine rings is 1. The third kappa shape index (κ3) is 6.20. The van der Waals surface area contributed by atoms with Crippen LogP contribution in [0, 0.1) is 6.92 Å². The summed E-state index contributed by atoms with van der Waals surface area (Å²) >= 11 is 0. The molecule has 0 aliphatic rings. The van der Waals surface area contributed by atoms with Crippen molar-refractivity contribution in [2.45, 2.75) is 71.8 Å². The predicted molar refractivity (Wildman–Crippen MR) is 83.4 cm³/mol. The number of hydrogen-bond donors (Lipinski definition) is 1. The molecule has 1 heterocycles. The lowest BCUT2D eigenvalue weighted by atomic mass is 9.97. The average Bonchev–Trinajstić information content (AvgIpc) is 2.43. The van der Waals surface area contributed by atoms with Crippen LogP contribution in [0.3, 0.4) is 0 Å². The maximum absolute atomic E-state index is 4.20. The van der Waals surface area contributed by atoms with Gasteiger partial charge in [0.1, 0.15) is 0 Å². The van der Waals surface area contributed by atoms with E-state index >= 15 is 0 Å². The summed E-state index contributed by atoms with van der Waals surface area (Å²) in [6.45, 7) is 7.76. The third-order valence-corrected chi connectivity index (χ3v) is 3.68. The van der Waals surface area contributed by atoms with E-state index in [0.29, 0.717) is 6.04 Å². The van der Waals surface area contributed by atoms with E-state index in [4.69, 9.17) is 0 Å². The molecular weight excluding hydrogens is 232 g/mol. The minimum atomic E-state index is 0.504. The van der Waals surface area contributed by atoms with Crippen molar-refractivity contribution in [1.82, 2.24) is 10.3 Å². The van der Waals surface area contributed by atoms with Gasteiger partial charge in [0, 0.05) is 18.4 Å². The van der Waals surface area contributed by atoms with Crippen molar-refractivity contribution in [3.8, 4) is 0 Å². The summed E-state index contributed by atoms with van der Waals surface area (Å²) in [5.41, 5.74) is 2.74. The second-order valence-electron chi connectivity index (χ2n) is 5.44. The molecule has 1 atom stereocenters. The maximum atomic E-state index is 4.20. The Morgan fingerprint density at radius 1 is 1.11 bits per heavy atom. The lowest BCUT2D eigenvalue weighted by Gasteiger charge is -2.20. The summed E-state index contributed by atoms with van der Waals surface area (Å²) < 4.78 is 0. The molecule has 0 aliphatic carbocycles. The first-order chi connectivity index (χ1) is 9.29. The lowest BCUT2D eigenvalue weighted by Crippen LogP contribution is -2.23. The smallest absolute Gasteiger partial charge is 0.0323 e. The largest absolute Gasteiger partial charge is 0.310 e. The van der Waals surface area contributed by atoms with Crippen molar-refractivity contribution in [3.05, 3.63) is 29.6 Å². The zero-order chi connectivity index (χ0) is 13.9. The molecule has 1 rings (SSSR count). The Morgan fingerprint density at radius 2 is 1.89 bits per heavy atom. The van der Waals surface area contributed by atoms with Gasteiger partial charge in [-0.3, -0.25) is 4.98 Å². The number of aromatic nitrogens is 1. The summed E-state index contributed by atoms with van der Waals surface area (Å²) in [4.78, 5) is 4.20. The Hall–Kier alpha value is -0.890. The fraction of sp³-hybridized carbons (Fsp3) is 0.706. The van der Waals surface area contributed by atoms with Crippen LogP contribution in [0.5, 0.6) is 0 Å². The van der Waals surface area contributed by atoms with E-state index in [-0.39, 0.29) is 0 Å². The Morgan fingerprint density at radius 3 is 2.58 bits per heavy atom. The van der Waals surface area contributed by atoms with Crippen LogP contribution in [-0.4, -0.2) is 11.5 Å². The molecule has 0 fully saturated rings. The lowest BCUT2D eigenvalue weighted by molar-refractivity contribution is 0.466. The van der Waals surface area contributed by atoms with Crippen LogP contribution in [-0.2, 0) is 0 Å². The van der Waals surface area contributed by atoms with Crippen LogP contribution >= 0.6 is 0 Å². The number of aryl methyl sites for hydroxylation is 1. The van der Waals surface area contributed by atoms with Crippen molar-refractivity contribution in [2.75, 3.05) is 6.54 Å². The van der Waals surface area contributed by atoms with Gasteiger partial charge in [-0.2, -0.15) is 0 Å². The van der Waals surface area contributed by atoms with Crippen molar-refractivity contribution >= 4 is 0 Å². The zero-order valence-corrected chi connectivity index (χ0v) is 12.9. The van der Waals surface area contributed by atoms with Gasteiger partial charge < -0.3 is 5.32 Å². The fourth-order valence-corrected chi connectivity index (χ4v) is 2.51. The molecule has 0 saturated heterocycles. The van der Waals surface area contributed by atoms with Crippen molar-refractivity contribution in [2.24, 2.45) is 0 Å². The molecule has 0 amide bonds. The van der Waals surface area contributed by atoms with Gasteiger partial charge in [0.05, 0.1) is 0 Å². The molecule has 0 aromatic carbocycles. The Kier molecular flexibility index (Phi) is 8.48. The molecule has 1 unspecified atom stereocenters. The molecular formula is C17H30N2.